The molecule has 3 aliphatic carbocycles. The largest absolute Gasteiger partial charge is 0.459 e. The fourth-order valence-corrected chi connectivity index (χ4v) is 5.90. The van der Waals surface area contributed by atoms with Crippen LogP contribution in [0.25, 0.3) is 0 Å². The van der Waals surface area contributed by atoms with Gasteiger partial charge in [-0.1, -0.05) is 20.8 Å². The molecule has 0 aromatic carbocycles. The molecule has 3 rings (SSSR count). The number of fused-ring (bicyclic) bond motifs is 2. The molecule has 0 heterocycles. The first-order valence-electron chi connectivity index (χ1n) is 9.72. The van der Waals surface area contributed by atoms with Crippen molar-refractivity contribution in [3.05, 3.63) is 0 Å². The molecule has 0 aromatic rings. The van der Waals surface area contributed by atoms with Crippen LogP contribution < -0.4 is 0 Å². The van der Waals surface area contributed by atoms with Crippen molar-refractivity contribution >= 4 is 5.97 Å². The fraction of sp³-hybridized carbons (Fsp3) is 0.950. The number of esters is 1. The number of carbonyl (C=O) groups is 1. The van der Waals surface area contributed by atoms with Crippen LogP contribution in [0.4, 0.5) is 0 Å². The fourth-order valence-electron chi connectivity index (χ4n) is 5.90. The highest BCUT2D eigenvalue weighted by atomic mass is 16.6. The van der Waals surface area contributed by atoms with Crippen molar-refractivity contribution < 1.29 is 14.6 Å². The molecule has 3 nitrogen and oxygen atoms in total. The van der Waals surface area contributed by atoms with E-state index in [9.17, 15) is 9.90 Å². The Bertz CT molecular complexity index is 448. The first-order valence-corrected chi connectivity index (χ1v) is 9.72. The van der Waals surface area contributed by atoms with Gasteiger partial charge in [-0.05, 0) is 81.5 Å². The monoisotopic (exact) mass is 322 g/mol. The van der Waals surface area contributed by atoms with E-state index in [0.29, 0.717) is 11.8 Å². The van der Waals surface area contributed by atoms with E-state index in [2.05, 4.69) is 20.8 Å². The molecule has 0 saturated heterocycles. The molecule has 3 fully saturated rings. The maximum atomic E-state index is 12.5. The van der Waals surface area contributed by atoms with E-state index in [1.165, 1.54) is 6.42 Å². The van der Waals surface area contributed by atoms with Gasteiger partial charge in [0, 0.05) is 0 Å². The maximum Gasteiger partial charge on any atom is 0.309 e. The quantitative estimate of drug-likeness (QED) is 0.767. The van der Waals surface area contributed by atoms with E-state index >= 15 is 0 Å². The topological polar surface area (TPSA) is 46.5 Å². The van der Waals surface area contributed by atoms with Gasteiger partial charge in [-0.15, -0.1) is 0 Å². The predicted octanol–water partition coefficient (Wildman–Crippen LogP) is 4.32. The molecule has 0 spiro atoms. The second-order valence-electron chi connectivity index (χ2n) is 8.97. The molecule has 0 amide bonds. The zero-order valence-corrected chi connectivity index (χ0v) is 15.3. The van der Waals surface area contributed by atoms with Gasteiger partial charge in [-0.25, -0.2) is 0 Å². The standard InChI is InChI=1S/C20H34O3/c1-5-20(8-6-7-9-20)23-18(21)12-19(4,22)17-11-15-10-16(17)14(3)13(15)2/h13-17,22H,5-12H2,1-4H3. The second-order valence-corrected chi connectivity index (χ2v) is 8.97. The van der Waals surface area contributed by atoms with Gasteiger partial charge in [-0.2, -0.15) is 0 Å². The van der Waals surface area contributed by atoms with Crippen molar-refractivity contribution in [3.8, 4) is 0 Å². The minimum atomic E-state index is -0.918. The van der Waals surface area contributed by atoms with E-state index in [1.54, 1.807) is 0 Å². The van der Waals surface area contributed by atoms with Crippen LogP contribution in [0.5, 0.6) is 0 Å². The summed E-state index contributed by atoms with van der Waals surface area (Å²) in [5.74, 6) is 2.80. The molecule has 132 valence electrons. The zero-order chi connectivity index (χ0) is 16.8. The molecule has 6 unspecified atom stereocenters. The van der Waals surface area contributed by atoms with Crippen molar-refractivity contribution in [1.82, 2.24) is 0 Å². The molecule has 3 saturated carbocycles. The third kappa shape index (κ3) is 3.06. The van der Waals surface area contributed by atoms with Crippen LogP contribution in [0, 0.1) is 29.6 Å². The van der Waals surface area contributed by atoms with Crippen LogP contribution in [0.2, 0.25) is 0 Å². The number of rotatable bonds is 5. The van der Waals surface area contributed by atoms with E-state index in [4.69, 9.17) is 4.74 Å². The number of carbonyl (C=O) groups excluding carboxylic acids is 1. The minimum Gasteiger partial charge on any atom is -0.459 e. The van der Waals surface area contributed by atoms with Gasteiger partial charge in [-0.3, -0.25) is 4.79 Å². The Kier molecular flexibility index (Phi) is 4.54. The summed E-state index contributed by atoms with van der Waals surface area (Å²) in [6, 6.07) is 0. The average molecular weight is 322 g/mol. The maximum absolute atomic E-state index is 12.5. The average Bonchev–Trinajstić information content (AvgIpc) is 3.17. The minimum absolute atomic E-state index is 0.156. The van der Waals surface area contributed by atoms with Gasteiger partial charge in [0.2, 0.25) is 0 Å². The van der Waals surface area contributed by atoms with Crippen LogP contribution in [0.3, 0.4) is 0 Å². The van der Waals surface area contributed by atoms with Crippen LogP contribution in [0.15, 0.2) is 0 Å². The first kappa shape index (κ1) is 17.3. The summed E-state index contributed by atoms with van der Waals surface area (Å²) in [6.07, 6.45) is 7.64. The molecule has 2 bridgehead atoms. The lowest BCUT2D eigenvalue weighted by atomic mass is 9.68. The first-order chi connectivity index (χ1) is 10.8. The van der Waals surface area contributed by atoms with E-state index < -0.39 is 5.60 Å². The lowest BCUT2D eigenvalue weighted by Gasteiger charge is -2.40. The lowest BCUT2D eigenvalue weighted by molar-refractivity contribution is -0.168. The van der Waals surface area contributed by atoms with Crippen LogP contribution in [-0.4, -0.2) is 22.3 Å². The number of ether oxygens (including phenoxy) is 1. The van der Waals surface area contributed by atoms with E-state index in [0.717, 1.165) is 50.4 Å². The SMILES string of the molecule is CCC1(OC(=O)CC(C)(O)C2CC3CC2C(C)C3C)CCCC1. The number of hydrogen-bond acceptors (Lipinski definition) is 3. The predicted molar refractivity (Wildman–Crippen MR) is 90.9 cm³/mol. The van der Waals surface area contributed by atoms with Gasteiger partial charge in [0.25, 0.3) is 0 Å². The molecule has 6 atom stereocenters. The molecule has 1 N–H and O–H groups in total. The Morgan fingerprint density at radius 1 is 1.22 bits per heavy atom. The molecule has 23 heavy (non-hydrogen) atoms. The van der Waals surface area contributed by atoms with Gasteiger partial charge in [0.1, 0.15) is 5.60 Å². The third-order valence-electron chi connectivity index (χ3n) is 7.69. The van der Waals surface area contributed by atoms with Gasteiger partial charge in [0.05, 0.1) is 12.0 Å². The molecule has 3 aliphatic rings. The summed E-state index contributed by atoms with van der Waals surface area (Å²) in [5.41, 5.74) is -1.16. The Morgan fingerprint density at radius 3 is 2.39 bits per heavy atom. The van der Waals surface area contributed by atoms with Gasteiger partial charge < -0.3 is 9.84 Å². The van der Waals surface area contributed by atoms with Crippen molar-refractivity contribution in [2.24, 2.45) is 29.6 Å². The molecular formula is C20H34O3. The Hall–Kier alpha value is -0.570. The molecule has 3 heteroatoms. The highest BCUT2D eigenvalue weighted by Gasteiger charge is 2.54. The summed E-state index contributed by atoms with van der Waals surface area (Å²) >= 11 is 0. The number of hydrogen-bond donors (Lipinski definition) is 1. The van der Waals surface area contributed by atoms with Gasteiger partial charge >= 0.3 is 5.97 Å². The summed E-state index contributed by atoms with van der Waals surface area (Å²) in [7, 11) is 0. The lowest BCUT2D eigenvalue weighted by Crippen LogP contribution is -2.44. The summed E-state index contributed by atoms with van der Waals surface area (Å²) < 4.78 is 5.87. The zero-order valence-electron chi connectivity index (χ0n) is 15.3. The van der Waals surface area contributed by atoms with Crippen LogP contribution >= 0.6 is 0 Å². The van der Waals surface area contributed by atoms with E-state index in [1.807, 2.05) is 6.92 Å². The van der Waals surface area contributed by atoms with Crippen LogP contribution in [-0.2, 0) is 9.53 Å². The summed E-state index contributed by atoms with van der Waals surface area (Å²) in [5, 5.41) is 11.0. The number of aliphatic hydroxyl groups is 1. The van der Waals surface area contributed by atoms with Crippen molar-refractivity contribution in [2.75, 3.05) is 0 Å². The van der Waals surface area contributed by atoms with Crippen LogP contribution in [0.1, 0.15) is 79.1 Å². The van der Waals surface area contributed by atoms with Crippen molar-refractivity contribution in [2.45, 2.75) is 90.3 Å². The highest BCUT2D eigenvalue weighted by Crippen LogP contribution is 2.58. The normalized spacial score (nSPS) is 41.0. The highest BCUT2D eigenvalue weighted by molar-refractivity contribution is 5.71. The van der Waals surface area contributed by atoms with Gasteiger partial charge in [0.15, 0.2) is 0 Å². The Balaban J connectivity index is 1.61. The molecular weight excluding hydrogens is 288 g/mol. The summed E-state index contributed by atoms with van der Waals surface area (Å²) in [4.78, 5) is 12.5. The Labute approximate surface area is 141 Å². The summed E-state index contributed by atoms with van der Waals surface area (Å²) in [6.45, 7) is 8.64. The Morgan fingerprint density at radius 2 is 1.87 bits per heavy atom. The molecule has 0 radical (unpaired) electrons. The second kappa shape index (κ2) is 6.06. The third-order valence-corrected chi connectivity index (χ3v) is 7.69. The molecule has 0 aliphatic heterocycles. The van der Waals surface area contributed by atoms with Crippen molar-refractivity contribution in [3.63, 3.8) is 0 Å². The molecule has 0 aromatic heterocycles. The van der Waals surface area contributed by atoms with E-state index in [-0.39, 0.29) is 23.9 Å². The van der Waals surface area contributed by atoms with Crippen molar-refractivity contribution in [1.29, 1.82) is 0 Å². The smallest absolute Gasteiger partial charge is 0.309 e.